The van der Waals surface area contributed by atoms with Gasteiger partial charge in [-0.3, -0.25) is 4.79 Å². The van der Waals surface area contributed by atoms with Gasteiger partial charge in [-0.2, -0.15) is 11.8 Å². The summed E-state index contributed by atoms with van der Waals surface area (Å²) >= 11 is 1.86. The number of thioether (sulfide) groups is 1. The summed E-state index contributed by atoms with van der Waals surface area (Å²) in [4.78, 5) is 11.1. The van der Waals surface area contributed by atoms with Crippen molar-refractivity contribution in [3.8, 4) is 0 Å². The number of hydrogen-bond donors (Lipinski definition) is 2. The van der Waals surface area contributed by atoms with E-state index in [1.807, 2.05) is 11.8 Å². The van der Waals surface area contributed by atoms with E-state index in [0.717, 1.165) is 31.6 Å². The van der Waals surface area contributed by atoms with Crippen molar-refractivity contribution in [2.45, 2.75) is 56.0 Å². The Bertz CT molecular complexity index is 270. The number of nitrogens with one attached hydrogen (secondary N) is 1. The highest BCUT2D eigenvalue weighted by molar-refractivity contribution is 7.99. The molecule has 5 heteroatoms. The largest absolute Gasteiger partial charge is 0.480 e. The lowest BCUT2D eigenvalue weighted by atomic mass is 10.2. The summed E-state index contributed by atoms with van der Waals surface area (Å²) in [6.07, 6.45) is 4.38. The lowest BCUT2D eigenvalue weighted by molar-refractivity contribution is -0.139. The molecule has 0 aromatic rings. The molecule has 1 saturated carbocycles. The van der Waals surface area contributed by atoms with Crippen LogP contribution in [0.3, 0.4) is 0 Å². The quantitative estimate of drug-likeness (QED) is 0.725. The Kier molecular flexibility index (Phi) is 4.70. The summed E-state index contributed by atoms with van der Waals surface area (Å²) in [7, 11) is 0. The molecule has 0 radical (unpaired) electrons. The molecule has 2 fully saturated rings. The van der Waals surface area contributed by atoms with Gasteiger partial charge in [0, 0.05) is 17.9 Å². The predicted octanol–water partition coefficient (Wildman–Crippen LogP) is 1.49. The first-order valence-electron chi connectivity index (χ1n) is 6.39. The van der Waals surface area contributed by atoms with Crippen LogP contribution >= 0.6 is 11.8 Å². The number of hydrogen-bond acceptors (Lipinski definition) is 4. The van der Waals surface area contributed by atoms with Gasteiger partial charge in [-0.1, -0.05) is 0 Å². The van der Waals surface area contributed by atoms with Gasteiger partial charge in [-0.05, 0) is 38.4 Å². The standard InChI is InChI=1S/C12H21NO3S/c1-8-11(4-6-16-8)17-7-5-10(12(14)15)13-9-2-3-9/h8-11,13H,2-7H2,1H3,(H,14,15). The fraction of sp³-hybridized carbons (Fsp3) is 0.917. The highest BCUT2D eigenvalue weighted by Crippen LogP contribution is 2.27. The Morgan fingerprint density at radius 3 is 2.82 bits per heavy atom. The Balaban J connectivity index is 1.65. The second-order valence-corrected chi connectivity index (χ2v) is 6.24. The molecule has 3 unspecified atom stereocenters. The second kappa shape index (κ2) is 6.07. The lowest BCUT2D eigenvalue weighted by Gasteiger charge is -2.16. The molecule has 2 aliphatic rings. The zero-order valence-electron chi connectivity index (χ0n) is 10.2. The van der Waals surface area contributed by atoms with E-state index in [4.69, 9.17) is 9.84 Å². The van der Waals surface area contributed by atoms with Crippen molar-refractivity contribution < 1.29 is 14.6 Å². The number of carbonyl (C=O) groups is 1. The van der Waals surface area contributed by atoms with Crippen molar-refractivity contribution in [2.75, 3.05) is 12.4 Å². The zero-order chi connectivity index (χ0) is 12.3. The van der Waals surface area contributed by atoms with Gasteiger partial charge in [0.2, 0.25) is 0 Å². The van der Waals surface area contributed by atoms with E-state index in [1.54, 1.807) is 0 Å². The van der Waals surface area contributed by atoms with Crippen molar-refractivity contribution in [3.05, 3.63) is 0 Å². The van der Waals surface area contributed by atoms with E-state index in [-0.39, 0.29) is 6.04 Å². The van der Waals surface area contributed by atoms with Crippen LogP contribution in [0.25, 0.3) is 0 Å². The normalized spacial score (nSPS) is 30.4. The Morgan fingerprint density at radius 2 is 2.29 bits per heavy atom. The second-order valence-electron chi connectivity index (χ2n) is 4.89. The van der Waals surface area contributed by atoms with E-state index < -0.39 is 5.97 Å². The minimum absolute atomic E-state index is 0.319. The Morgan fingerprint density at radius 1 is 1.53 bits per heavy atom. The van der Waals surface area contributed by atoms with Gasteiger partial charge in [0.1, 0.15) is 6.04 Å². The van der Waals surface area contributed by atoms with Crippen LogP contribution in [0, 0.1) is 0 Å². The van der Waals surface area contributed by atoms with Gasteiger partial charge < -0.3 is 15.2 Å². The molecular weight excluding hydrogens is 238 g/mol. The average molecular weight is 259 g/mol. The van der Waals surface area contributed by atoms with Crippen LogP contribution in [0.5, 0.6) is 0 Å². The van der Waals surface area contributed by atoms with Gasteiger partial charge >= 0.3 is 5.97 Å². The molecule has 0 bridgehead atoms. The van der Waals surface area contributed by atoms with Gasteiger partial charge in [0.05, 0.1) is 6.10 Å². The first kappa shape index (κ1) is 13.2. The third-order valence-corrected chi connectivity index (χ3v) is 4.88. The van der Waals surface area contributed by atoms with E-state index in [0.29, 0.717) is 23.8 Å². The van der Waals surface area contributed by atoms with Gasteiger partial charge in [0.15, 0.2) is 0 Å². The fourth-order valence-electron chi connectivity index (χ4n) is 2.08. The van der Waals surface area contributed by atoms with Gasteiger partial charge in [-0.25, -0.2) is 0 Å². The summed E-state index contributed by atoms with van der Waals surface area (Å²) in [6, 6.07) is 0.0856. The molecule has 0 aromatic heterocycles. The maximum Gasteiger partial charge on any atom is 0.320 e. The number of aliphatic carboxylic acids is 1. The first-order chi connectivity index (χ1) is 8.16. The summed E-state index contributed by atoms with van der Waals surface area (Å²) in [5.41, 5.74) is 0. The molecule has 98 valence electrons. The molecule has 0 amide bonds. The minimum atomic E-state index is -0.715. The number of ether oxygens (including phenoxy) is 1. The highest BCUT2D eigenvalue weighted by Gasteiger charge is 2.29. The van der Waals surface area contributed by atoms with E-state index in [1.165, 1.54) is 0 Å². The third-order valence-electron chi connectivity index (χ3n) is 3.36. The van der Waals surface area contributed by atoms with Gasteiger partial charge in [-0.15, -0.1) is 0 Å². The van der Waals surface area contributed by atoms with Gasteiger partial charge in [0.25, 0.3) is 0 Å². The first-order valence-corrected chi connectivity index (χ1v) is 7.43. The van der Waals surface area contributed by atoms with Crippen LogP contribution in [0.2, 0.25) is 0 Å². The Hall–Kier alpha value is -0.260. The molecule has 0 aromatic carbocycles. The molecular formula is C12H21NO3S. The maximum atomic E-state index is 11.1. The maximum absolute atomic E-state index is 11.1. The highest BCUT2D eigenvalue weighted by atomic mass is 32.2. The summed E-state index contributed by atoms with van der Waals surface area (Å²) < 4.78 is 5.49. The molecule has 0 spiro atoms. The summed E-state index contributed by atoms with van der Waals surface area (Å²) in [5.74, 6) is 0.183. The van der Waals surface area contributed by atoms with Crippen LogP contribution in [0.4, 0.5) is 0 Å². The molecule has 1 saturated heterocycles. The molecule has 3 atom stereocenters. The van der Waals surface area contributed by atoms with Crippen LogP contribution in [0.1, 0.15) is 32.6 Å². The topological polar surface area (TPSA) is 58.6 Å². The monoisotopic (exact) mass is 259 g/mol. The molecule has 1 aliphatic heterocycles. The molecule has 17 heavy (non-hydrogen) atoms. The van der Waals surface area contributed by atoms with Crippen molar-refractivity contribution >= 4 is 17.7 Å². The third kappa shape index (κ3) is 4.16. The SMILES string of the molecule is CC1OCCC1SCCC(NC1CC1)C(=O)O. The van der Waals surface area contributed by atoms with Crippen molar-refractivity contribution in [3.63, 3.8) is 0 Å². The van der Waals surface area contributed by atoms with Crippen molar-refractivity contribution in [1.82, 2.24) is 5.32 Å². The predicted molar refractivity (Wildman–Crippen MR) is 68.5 cm³/mol. The number of carboxylic acid groups (broad SMARTS) is 1. The van der Waals surface area contributed by atoms with Crippen LogP contribution < -0.4 is 5.32 Å². The zero-order valence-corrected chi connectivity index (χ0v) is 11.0. The van der Waals surface area contributed by atoms with E-state index in [9.17, 15) is 4.79 Å². The molecule has 1 heterocycles. The van der Waals surface area contributed by atoms with Crippen LogP contribution in [0.15, 0.2) is 0 Å². The summed E-state index contributed by atoms with van der Waals surface area (Å²) in [5, 5.41) is 12.8. The van der Waals surface area contributed by atoms with Crippen molar-refractivity contribution in [1.29, 1.82) is 0 Å². The molecule has 2 rings (SSSR count). The molecule has 2 N–H and O–H groups in total. The molecule has 1 aliphatic carbocycles. The van der Waals surface area contributed by atoms with E-state index in [2.05, 4.69) is 12.2 Å². The van der Waals surface area contributed by atoms with Crippen LogP contribution in [-0.2, 0) is 9.53 Å². The molecule has 4 nitrogen and oxygen atoms in total. The Labute approximate surface area is 106 Å². The van der Waals surface area contributed by atoms with Crippen LogP contribution in [-0.4, -0.2) is 46.9 Å². The smallest absolute Gasteiger partial charge is 0.320 e. The van der Waals surface area contributed by atoms with Crippen molar-refractivity contribution in [2.24, 2.45) is 0 Å². The minimum Gasteiger partial charge on any atom is -0.480 e. The summed E-state index contributed by atoms with van der Waals surface area (Å²) in [6.45, 7) is 2.95. The fourth-order valence-corrected chi connectivity index (χ4v) is 3.37. The number of rotatable bonds is 7. The van der Waals surface area contributed by atoms with E-state index >= 15 is 0 Å². The number of carboxylic acids is 1. The lowest BCUT2D eigenvalue weighted by Crippen LogP contribution is -2.38. The average Bonchev–Trinajstić information content (AvgIpc) is 3.01.